The molecule has 80 valence electrons. The van der Waals surface area contributed by atoms with Crippen molar-refractivity contribution in [1.82, 2.24) is 4.98 Å². The molecular weight excluding hydrogens is 254 g/mol. The van der Waals surface area contributed by atoms with Crippen molar-refractivity contribution in [2.24, 2.45) is 0 Å². The van der Waals surface area contributed by atoms with Crippen molar-refractivity contribution in [3.8, 4) is 0 Å². The van der Waals surface area contributed by atoms with E-state index in [0.717, 1.165) is 22.2 Å². The number of nitrogens with zero attached hydrogens (tertiary/aromatic N) is 1. The third kappa shape index (κ3) is 3.59. The predicted molar refractivity (Wildman–Crippen MR) is 64.7 cm³/mol. The molecule has 1 heterocycles. The molecule has 0 radical (unpaired) electrons. The van der Waals surface area contributed by atoms with Crippen LogP contribution in [0.4, 0.5) is 0 Å². The first-order valence-corrected chi connectivity index (χ1v) is 5.75. The largest absolute Gasteiger partial charge is 0.294 e. The maximum atomic E-state index is 11.7. The molecule has 0 aromatic carbocycles. The number of hydrogen-bond acceptors (Lipinski definition) is 2. The number of rotatable bonds is 4. The number of hydrogen-bond donors (Lipinski definition) is 0. The SMILES string of the molecule is C/C=C(/CC)C(=O)Cc1ccc(Br)cn1. The summed E-state index contributed by atoms with van der Waals surface area (Å²) in [5.74, 6) is 0.162. The van der Waals surface area contributed by atoms with Gasteiger partial charge in [-0.25, -0.2) is 0 Å². The van der Waals surface area contributed by atoms with Gasteiger partial charge in [-0.2, -0.15) is 0 Å². The first-order chi connectivity index (χ1) is 7.17. The second kappa shape index (κ2) is 5.81. The molecule has 0 bridgehead atoms. The average Bonchev–Trinajstić information content (AvgIpc) is 2.23. The molecule has 0 aliphatic carbocycles. The van der Waals surface area contributed by atoms with Gasteiger partial charge in [-0.1, -0.05) is 13.0 Å². The highest BCUT2D eigenvalue weighted by molar-refractivity contribution is 9.10. The molecule has 0 amide bonds. The van der Waals surface area contributed by atoms with Gasteiger partial charge in [0.15, 0.2) is 5.78 Å². The van der Waals surface area contributed by atoms with E-state index in [9.17, 15) is 4.79 Å². The Hall–Kier alpha value is -0.960. The Morgan fingerprint density at radius 2 is 2.27 bits per heavy atom. The quantitative estimate of drug-likeness (QED) is 0.784. The fraction of sp³-hybridized carbons (Fsp3) is 0.333. The van der Waals surface area contributed by atoms with Gasteiger partial charge >= 0.3 is 0 Å². The van der Waals surface area contributed by atoms with Crippen molar-refractivity contribution in [1.29, 1.82) is 0 Å². The number of carbonyl (C=O) groups is 1. The fourth-order valence-electron chi connectivity index (χ4n) is 1.35. The lowest BCUT2D eigenvalue weighted by atomic mass is 10.0. The van der Waals surface area contributed by atoms with Crippen molar-refractivity contribution < 1.29 is 4.79 Å². The Morgan fingerprint density at radius 3 is 2.73 bits per heavy atom. The van der Waals surface area contributed by atoms with Crippen LogP contribution in [0.25, 0.3) is 0 Å². The summed E-state index contributed by atoms with van der Waals surface area (Å²) in [7, 11) is 0. The zero-order valence-electron chi connectivity index (χ0n) is 8.96. The summed E-state index contributed by atoms with van der Waals surface area (Å²) >= 11 is 3.31. The molecule has 0 aliphatic rings. The zero-order chi connectivity index (χ0) is 11.3. The van der Waals surface area contributed by atoms with E-state index in [-0.39, 0.29) is 5.78 Å². The average molecular weight is 268 g/mol. The van der Waals surface area contributed by atoms with E-state index in [2.05, 4.69) is 20.9 Å². The van der Waals surface area contributed by atoms with Crippen LogP contribution in [-0.2, 0) is 11.2 Å². The number of halogens is 1. The van der Waals surface area contributed by atoms with Crippen LogP contribution in [0.3, 0.4) is 0 Å². The molecule has 15 heavy (non-hydrogen) atoms. The molecule has 3 heteroatoms. The van der Waals surface area contributed by atoms with Crippen molar-refractivity contribution in [3.05, 3.63) is 40.1 Å². The van der Waals surface area contributed by atoms with Gasteiger partial charge in [-0.3, -0.25) is 9.78 Å². The highest BCUT2D eigenvalue weighted by Gasteiger charge is 2.08. The Labute approximate surface area is 98.5 Å². The van der Waals surface area contributed by atoms with E-state index in [0.29, 0.717) is 6.42 Å². The third-order valence-electron chi connectivity index (χ3n) is 2.22. The molecule has 0 fully saturated rings. The van der Waals surface area contributed by atoms with Gasteiger partial charge in [0.25, 0.3) is 0 Å². The van der Waals surface area contributed by atoms with Crippen molar-refractivity contribution in [2.45, 2.75) is 26.7 Å². The van der Waals surface area contributed by atoms with E-state index in [1.165, 1.54) is 0 Å². The standard InChI is InChI=1S/C12H14BrNO/c1-3-9(4-2)12(15)7-11-6-5-10(13)8-14-11/h3,5-6,8H,4,7H2,1-2H3/b9-3-. The molecule has 1 aromatic heterocycles. The summed E-state index contributed by atoms with van der Waals surface area (Å²) in [5, 5.41) is 0. The van der Waals surface area contributed by atoms with Gasteiger partial charge in [0.2, 0.25) is 0 Å². The number of Topliss-reactive ketones (excluding diaryl/α,β-unsaturated/α-hetero) is 1. The second-order valence-electron chi connectivity index (χ2n) is 3.24. The lowest BCUT2D eigenvalue weighted by molar-refractivity contribution is -0.115. The highest BCUT2D eigenvalue weighted by atomic mass is 79.9. The summed E-state index contributed by atoms with van der Waals surface area (Å²) in [4.78, 5) is 15.9. The van der Waals surface area contributed by atoms with E-state index in [1.807, 2.05) is 32.1 Å². The summed E-state index contributed by atoms with van der Waals surface area (Å²) < 4.78 is 0.931. The van der Waals surface area contributed by atoms with E-state index >= 15 is 0 Å². The lowest BCUT2D eigenvalue weighted by Crippen LogP contribution is -2.06. The van der Waals surface area contributed by atoms with Crippen LogP contribution in [0.5, 0.6) is 0 Å². The van der Waals surface area contributed by atoms with Gasteiger partial charge < -0.3 is 0 Å². The van der Waals surface area contributed by atoms with Gasteiger partial charge in [-0.15, -0.1) is 0 Å². The van der Waals surface area contributed by atoms with Crippen molar-refractivity contribution >= 4 is 21.7 Å². The van der Waals surface area contributed by atoms with Crippen molar-refractivity contribution in [3.63, 3.8) is 0 Å². The highest BCUT2D eigenvalue weighted by Crippen LogP contribution is 2.10. The Morgan fingerprint density at radius 1 is 1.53 bits per heavy atom. The lowest BCUT2D eigenvalue weighted by Gasteiger charge is -2.02. The van der Waals surface area contributed by atoms with Crippen LogP contribution in [0.1, 0.15) is 26.0 Å². The maximum Gasteiger partial charge on any atom is 0.164 e. The van der Waals surface area contributed by atoms with Crippen LogP contribution in [-0.4, -0.2) is 10.8 Å². The van der Waals surface area contributed by atoms with Crippen LogP contribution in [0.2, 0.25) is 0 Å². The molecule has 0 spiro atoms. The number of aromatic nitrogens is 1. The topological polar surface area (TPSA) is 30.0 Å². The van der Waals surface area contributed by atoms with Gasteiger partial charge in [0.1, 0.15) is 0 Å². The van der Waals surface area contributed by atoms with Crippen LogP contribution in [0, 0.1) is 0 Å². The van der Waals surface area contributed by atoms with E-state index < -0.39 is 0 Å². The van der Waals surface area contributed by atoms with Gasteiger partial charge in [-0.05, 0) is 47.0 Å². The molecule has 0 atom stereocenters. The van der Waals surface area contributed by atoms with Gasteiger partial charge in [0, 0.05) is 16.4 Å². The Kier molecular flexibility index (Phi) is 4.69. The first-order valence-electron chi connectivity index (χ1n) is 4.96. The fourth-order valence-corrected chi connectivity index (χ4v) is 1.59. The summed E-state index contributed by atoms with van der Waals surface area (Å²) in [6.45, 7) is 3.88. The Bertz CT molecular complexity index is 368. The third-order valence-corrected chi connectivity index (χ3v) is 2.69. The zero-order valence-corrected chi connectivity index (χ0v) is 10.5. The van der Waals surface area contributed by atoms with E-state index in [1.54, 1.807) is 6.20 Å². The van der Waals surface area contributed by atoms with E-state index in [4.69, 9.17) is 0 Å². The predicted octanol–water partition coefficient (Wildman–Crippen LogP) is 3.31. The summed E-state index contributed by atoms with van der Waals surface area (Å²) in [6, 6.07) is 3.77. The monoisotopic (exact) mass is 267 g/mol. The smallest absolute Gasteiger partial charge is 0.164 e. The van der Waals surface area contributed by atoms with Crippen LogP contribution in [0.15, 0.2) is 34.5 Å². The second-order valence-corrected chi connectivity index (χ2v) is 4.15. The minimum Gasteiger partial charge on any atom is -0.294 e. The molecule has 1 rings (SSSR count). The minimum absolute atomic E-state index is 0.162. The molecule has 0 N–H and O–H groups in total. The number of carbonyl (C=O) groups excluding carboxylic acids is 1. The molecule has 0 unspecified atom stereocenters. The molecule has 2 nitrogen and oxygen atoms in total. The molecule has 0 saturated heterocycles. The molecule has 0 aliphatic heterocycles. The van der Waals surface area contributed by atoms with Crippen LogP contribution < -0.4 is 0 Å². The number of pyridine rings is 1. The summed E-state index contributed by atoms with van der Waals surface area (Å²) in [5.41, 5.74) is 1.69. The van der Waals surface area contributed by atoms with Crippen molar-refractivity contribution in [2.75, 3.05) is 0 Å². The van der Waals surface area contributed by atoms with Gasteiger partial charge in [0.05, 0.1) is 6.42 Å². The summed E-state index contributed by atoms with van der Waals surface area (Å²) in [6.07, 6.45) is 4.76. The number of allylic oxidation sites excluding steroid dienone is 2. The minimum atomic E-state index is 0.162. The number of ketones is 1. The molecular formula is C12H14BrNO. The maximum absolute atomic E-state index is 11.7. The first kappa shape index (κ1) is 12.1. The molecule has 0 saturated carbocycles. The Balaban J connectivity index is 2.70. The normalized spacial score (nSPS) is 11.5. The van der Waals surface area contributed by atoms with Crippen LogP contribution >= 0.6 is 15.9 Å². The molecule has 1 aromatic rings.